The molecule has 2 aliphatic rings. The average Bonchev–Trinajstić information content (AvgIpc) is 3.38. The van der Waals surface area contributed by atoms with Gasteiger partial charge < -0.3 is 35.0 Å². The molecule has 1 saturated heterocycles. The Hall–Kier alpha value is -3.09. The number of fused-ring (bicyclic) bond motifs is 1. The lowest BCUT2D eigenvalue weighted by molar-refractivity contribution is -0.131. The summed E-state index contributed by atoms with van der Waals surface area (Å²) in [5.74, 6) is -0.872. The molecule has 3 unspecified atom stereocenters. The predicted molar refractivity (Wildman–Crippen MR) is 168 cm³/mol. The first-order valence-corrected chi connectivity index (χ1v) is 14.9. The Morgan fingerprint density at radius 3 is 2.44 bits per heavy atom. The number of carbonyl (C=O) groups is 3. The highest BCUT2D eigenvalue weighted by atomic mass is 16.3. The molecule has 1 aliphatic heterocycles. The Morgan fingerprint density at radius 1 is 1.14 bits per heavy atom. The summed E-state index contributed by atoms with van der Waals surface area (Å²) >= 11 is 0. The summed E-state index contributed by atoms with van der Waals surface area (Å²) < 4.78 is 6.18. The number of nitrogens with zero attached hydrogens (tertiary/aromatic N) is 3. The summed E-state index contributed by atoms with van der Waals surface area (Å²) in [5.41, 5.74) is 2.32. The monoisotopic (exact) mass is 605 g/mol. The Morgan fingerprint density at radius 2 is 1.84 bits per heavy atom. The number of aromatic hydroxyl groups is 1. The van der Waals surface area contributed by atoms with Crippen LogP contribution in [-0.4, -0.2) is 108 Å². The number of hydrogen-bond donors (Lipinski definition) is 3. The fraction of sp³-hybridized carbons (Fsp3) is 0.594. The zero-order valence-electron chi connectivity index (χ0n) is 25.8. The number of anilines is 1. The summed E-state index contributed by atoms with van der Waals surface area (Å²) in [6.45, 7) is 5.36. The van der Waals surface area contributed by atoms with Gasteiger partial charge in [0.25, 0.3) is 0 Å². The Bertz CT molecular complexity index is 1290. The van der Waals surface area contributed by atoms with Crippen molar-refractivity contribution in [3.63, 3.8) is 0 Å². The lowest BCUT2D eigenvalue weighted by Crippen LogP contribution is -2.43. The van der Waals surface area contributed by atoms with E-state index >= 15 is 0 Å². The zero-order valence-corrected chi connectivity index (χ0v) is 25.8. The Labute approximate surface area is 256 Å². The summed E-state index contributed by atoms with van der Waals surface area (Å²) in [6.07, 6.45) is 1.13. The molecule has 1 aliphatic carbocycles. The molecule has 11 nitrogen and oxygen atoms in total. The van der Waals surface area contributed by atoms with E-state index in [1.165, 1.54) is 6.92 Å². The van der Waals surface area contributed by atoms with Crippen LogP contribution in [0, 0.1) is 17.8 Å². The third-order valence-corrected chi connectivity index (χ3v) is 8.75. The van der Waals surface area contributed by atoms with Crippen molar-refractivity contribution >= 4 is 23.0 Å². The van der Waals surface area contributed by atoms with E-state index in [1.807, 2.05) is 37.2 Å². The predicted octanol–water partition coefficient (Wildman–Crippen LogP) is 2.42. The van der Waals surface area contributed by atoms with E-state index in [0.717, 1.165) is 43.2 Å². The summed E-state index contributed by atoms with van der Waals surface area (Å²) in [7, 11) is 5.90. The van der Waals surface area contributed by atoms with Crippen molar-refractivity contribution in [1.29, 1.82) is 0 Å². The number of likely N-dealkylation sites (N-methyl/N-ethyl adjacent to an activating group) is 1. The number of rotatable bonds is 13. The molecule has 1 fully saturated rings. The second-order valence-corrected chi connectivity index (χ2v) is 12.2. The average molecular weight is 606 g/mol. The number of furan rings is 1. The van der Waals surface area contributed by atoms with Gasteiger partial charge >= 0.3 is 0 Å². The largest absolute Gasteiger partial charge is 0.506 e. The van der Waals surface area contributed by atoms with Gasteiger partial charge in [0.1, 0.15) is 28.8 Å². The maximum absolute atomic E-state index is 13.6. The summed E-state index contributed by atoms with van der Waals surface area (Å²) in [6, 6.07) is 5.63. The van der Waals surface area contributed by atoms with Crippen molar-refractivity contribution in [3.05, 3.63) is 35.1 Å². The molecular weight excluding hydrogens is 554 g/mol. The minimum Gasteiger partial charge on any atom is -0.506 e. The van der Waals surface area contributed by atoms with E-state index in [9.17, 15) is 29.7 Å². The normalized spacial score (nSPS) is 18.9. The number of Topliss-reactive ketones (excluding diaryl/α,β-unsaturated/α-hetero) is 3. The first-order chi connectivity index (χ1) is 20.0. The standard InChI is InChI=1S/C32H45N3O7.H2O.2H2/c1-20(38)13-28(39)26(19-37)22(7-12-36)14-21-15-24-27(33(2)3)17-25(32(41)31(24)29(40)16-21)30-6-5-23(42-30)18-35-10-8-34(4)9-11-35;;;/h5-6,17,21-22,26,36-37,41H,7-16,18-19H2,1-4H3;1H2;2*1H. The van der Waals surface area contributed by atoms with Crippen LogP contribution < -0.4 is 4.90 Å². The van der Waals surface area contributed by atoms with Crippen LogP contribution in [0.4, 0.5) is 5.69 Å². The van der Waals surface area contributed by atoms with Crippen LogP contribution in [0.25, 0.3) is 11.3 Å². The van der Waals surface area contributed by atoms with Crippen molar-refractivity contribution in [1.82, 2.24) is 9.80 Å². The van der Waals surface area contributed by atoms with E-state index in [1.54, 1.807) is 0 Å². The Kier molecular flexibility index (Phi) is 12.1. The molecule has 1 aromatic carbocycles. The first kappa shape index (κ1) is 34.4. The minimum atomic E-state index is -0.777. The van der Waals surface area contributed by atoms with Crippen LogP contribution in [0.5, 0.6) is 5.75 Å². The summed E-state index contributed by atoms with van der Waals surface area (Å²) in [4.78, 5) is 44.4. The van der Waals surface area contributed by atoms with Crippen molar-refractivity contribution in [3.8, 4) is 17.1 Å². The van der Waals surface area contributed by atoms with Crippen LogP contribution in [0.2, 0.25) is 0 Å². The molecule has 1 aromatic heterocycles. The van der Waals surface area contributed by atoms with Gasteiger partial charge in [0, 0.05) is 67.8 Å². The highest BCUT2D eigenvalue weighted by molar-refractivity contribution is 6.05. The maximum Gasteiger partial charge on any atom is 0.167 e. The molecule has 11 heteroatoms. The van der Waals surface area contributed by atoms with Crippen molar-refractivity contribution in [2.24, 2.45) is 17.8 Å². The van der Waals surface area contributed by atoms with E-state index in [4.69, 9.17) is 4.42 Å². The lowest BCUT2D eigenvalue weighted by Gasteiger charge is -2.33. The van der Waals surface area contributed by atoms with Crippen LogP contribution in [0.1, 0.15) is 57.1 Å². The molecule has 2 heterocycles. The quantitative estimate of drug-likeness (QED) is 0.289. The fourth-order valence-corrected chi connectivity index (χ4v) is 6.48. The molecule has 4 rings (SSSR count). The molecular formula is C32H51N3O8. The maximum atomic E-state index is 13.6. The molecule has 0 amide bonds. The second kappa shape index (κ2) is 15.1. The van der Waals surface area contributed by atoms with E-state index in [0.29, 0.717) is 36.3 Å². The van der Waals surface area contributed by atoms with Crippen molar-refractivity contribution in [2.45, 2.75) is 45.6 Å². The van der Waals surface area contributed by atoms with Crippen LogP contribution >= 0.6 is 0 Å². The zero-order chi connectivity index (χ0) is 30.6. The van der Waals surface area contributed by atoms with Gasteiger partial charge in [-0.05, 0) is 68.8 Å². The fourth-order valence-electron chi connectivity index (χ4n) is 6.48. The van der Waals surface area contributed by atoms with E-state index in [2.05, 4.69) is 16.8 Å². The SMILES string of the molecule is CC(=O)CC(=O)C(CO)C(CCO)CC1CC(=O)c2c(O)c(-c3ccc(CN4CCN(C)CC4)o3)cc(N(C)C)c2C1.O.[HH].[HH]. The summed E-state index contributed by atoms with van der Waals surface area (Å²) in [5, 5.41) is 31.1. The number of aliphatic hydroxyl groups excluding tert-OH is 2. The molecule has 0 radical (unpaired) electrons. The van der Waals surface area contributed by atoms with Gasteiger partial charge in [0.15, 0.2) is 5.78 Å². The van der Waals surface area contributed by atoms with Gasteiger partial charge in [0.05, 0.1) is 30.7 Å². The third-order valence-electron chi connectivity index (χ3n) is 8.75. The van der Waals surface area contributed by atoms with E-state index in [-0.39, 0.29) is 69.1 Å². The highest BCUT2D eigenvalue weighted by Gasteiger charge is 2.36. The molecule has 0 saturated carbocycles. The van der Waals surface area contributed by atoms with Gasteiger partial charge in [-0.2, -0.15) is 0 Å². The highest BCUT2D eigenvalue weighted by Crippen LogP contribution is 2.45. The number of ketones is 3. The number of benzene rings is 1. The van der Waals surface area contributed by atoms with Crippen molar-refractivity contribution in [2.75, 3.05) is 65.4 Å². The topological polar surface area (TPSA) is 166 Å². The first-order valence-electron chi connectivity index (χ1n) is 14.9. The van der Waals surface area contributed by atoms with Gasteiger partial charge in [-0.1, -0.05) is 0 Å². The van der Waals surface area contributed by atoms with Crippen molar-refractivity contribution < 1.29 is 42.4 Å². The minimum absolute atomic E-state index is 0. The molecule has 43 heavy (non-hydrogen) atoms. The number of aliphatic hydroxyl groups is 2. The number of phenolic OH excluding ortho intramolecular Hbond substituents is 1. The molecule has 2 aromatic rings. The molecule has 0 bridgehead atoms. The van der Waals surface area contributed by atoms with E-state index < -0.39 is 12.5 Å². The Balaban J connectivity index is 0.00000337. The number of carbonyl (C=O) groups excluding carboxylic acids is 3. The molecule has 5 N–H and O–H groups in total. The van der Waals surface area contributed by atoms with Gasteiger partial charge in [-0.25, -0.2) is 0 Å². The lowest BCUT2D eigenvalue weighted by atomic mass is 9.73. The van der Waals surface area contributed by atoms with Crippen LogP contribution in [0.3, 0.4) is 0 Å². The van der Waals surface area contributed by atoms with Gasteiger partial charge in [0.2, 0.25) is 0 Å². The van der Waals surface area contributed by atoms with Gasteiger partial charge in [-0.3, -0.25) is 19.3 Å². The molecule has 242 valence electrons. The second-order valence-electron chi connectivity index (χ2n) is 12.2. The third kappa shape index (κ3) is 8.10. The van der Waals surface area contributed by atoms with Crippen LogP contribution in [0.15, 0.2) is 22.6 Å². The number of phenols is 1. The number of hydrogen-bond acceptors (Lipinski definition) is 10. The molecule has 3 atom stereocenters. The molecule has 0 spiro atoms. The number of piperazine rings is 1. The van der Waals surface area contributed by atoms with Crippen LogP contribution in [-0.2, 0) is 22.6 Å². The smallest absolute Gasteiger partial charge is 0.167 e. The van der Waals surface area contributed by atoms with Gasteiger partial charge in [-0.15, -0.1) is 0 Å².